The Morgan fingerprint density at radius 2 is 2.00 bits per heavy atom. The summed E-state index contributed by atoms with van der Waals surface area (Å²) in [6.07, 6.45) is 0.0138. The first-order valence-corrected chi connectivity index (χ1v) is 6.96. The van der Waals surface area contributed by atoms with Crippen LogP contribution in [0.25, 0.3) is 0 Å². The Bertz CT molecular complexity index is 568. The summed E-state index contributed by atoms with van der Waals surface area (Å²) in [5.74, 6) is -1.55. The second-order valence-corrected chi connectivity index (χ2v) is 6.25. The number of hydrogen-bond donors (Lipinski definition) is 4. The molecular weight excluding hydrogens is 296 g/mol. The van der Waals surface area contributed by atoms with Gasteiger partial charge in [0.15, 0.2) is 0 Å². The number of nitrogens with one attached hydrogen (secondary N) is 2. The first-order chi connectivity index (χ1) is 9.60. The molecule has 1 aromatic heterocycles. The van der Waals surface area contributed by atoms with Crippen molar-refractivity contribution in [3.05, 3.63) is 15.6 Å². The van der Waals surface area contributed by atoms with E-state index in [1.807, 2.05) is 0 Å². The van der Waals surface area contributed by atoms with Crippen LogP contribution in [0.5, 0.6) is 0 Å². The summed E-state index contributed by atoms with van der Waals surface area (Å²) in [5, 5.41) is 14.6. The fraction of sp³-hybridized carbons (Fsp3) is 0.500. The van der Waals surface area contributed by atoms with Gasteiger partial charge in [0.05, 0.1) is 12.2 Å². The lowest BCUT2D eigenvalue weighted by atomic mass is 10.0. The van der Waals surface area contributed by atoms with E-state index in [2.05, 4.69) is 15.6 Å². The Hall–Kier alpha value is -2.16. The minimum atomic E-state index is -1.04. The molecule has 116 valence electrons. The van der Waals surface area contributed by atoms with Crippen LogP contribution in [-0.4, -0.2) is 33.5 Å². The average Bonchev–Trinajstić information content (AvgIpc) is 2.65. The van der Waals surface area contributed by atoms with E-state index in [1.165, 1.54) is 0 Å². The molecule has 8 nitrogen and oxygen atoms in total. The molecule has 1 heterocycles. The molecule has 9 heteroatoms. The number of carboxylic acid groups (broad SMARTS) is 1. The molecule has 0 saturated carbocycles. The standard InChI is InChI=1S/C12H18N4O4S/c1-6-9(10(18)19)21-8(15-6)5-14-11(20)16-12(2,3)4-7(13)17/h4-5H2,1-3H3,(H2,13,17)(H,18,19)(H2,14,16,20). The molecule has 1 rings (SSSR count). The number of carbonyl (C=O) groups is 3. The normalized spacial score (nSPS) is 11.0. The highest BCUT2D eigenvalue weighted by molar-refractivity contribution is 7.13. The summed E-state index contributed by atoms with van der Waals surface area (Å²) < 4.78 is 0. The average molecular weight is 314 g/mol. The number of thiazole rings is 1. The third kappa shape index (κ3) is 5.38. The smallest absolute Gasteiger partial charge is 0.347 e. The predicted octanol–water partition coefficient (Wildman–Crippen LogP) is 0.603. The molecule has 0 spiro atoms. The predicted molar refractivity (Wildman–Crippen MR) is 77.1 cm³/mol. The van der Waals surface area contributed by atoms with E-state index in [4.69, 9.17) is 10.8 Å². The van der Waals surface area contributed by atoms with Gasteiger partial charge in [-0.05, 0) is 20.8 Å². The van der Waals surface area contributed by atoms with Crippen molar-refractivity contribution in [3.63, 3.8) is 0 Å². The van der Waals surface area contributed by atoms with Gasteiger partial charge in [-0.2, -0.15) is 0 Å². The van der Waals surface area contributed by atoms with Gasteiger partial charge in [0.2, 0.25) is 5.91 Å². The second kappa shape index (κ2) is 6.53. The number of nitrogens with two attached hydrogens (primary N) is 1. The van der Waals surface area contributed by atoms with Crippen LogP contribution in [0.15, 0.2) is 0 Å². The summed E-state index contributed by atoms with van der Waals surface area (Å²) >= 11 is 1.01. The van der Waals surface area contributed by atoms with Crippen LogP contribution in [0.3, 0.4) is 0 Å². The molecule has 0 atom stereocenters. The van der Waals surface area contributed by atoms with Gasteiger partial charge >= 0.3 is 12.0 Å². The largest absolute Gasteiger partial charge is 0.477 e. The lowest BCUT2D eigenvalue weighted by molar-refractivity contribution is -0.119. The summed E-state index contributed by atoms with van der Waals surface area (Å²) in [6, 6.07) is -0.481. The molecule has 0 aliphatic carbocycles. The van der Waals surface area contributed by atoms with Crippen LogP contribution >= 0.6 is 11.3 Å². The van der Waals surface area contributed by atoms with Crippen molar-refractivity contribution in [1.29, 1.82) is 0 Å². The third-order valence-electron chi connectivity index (χ3n) is 2.50. The van der Waals surface area contributed by atoms with Gasteiger partial charge in [-0.15, -0.1) is 11.3 Å². The Balaban J connectivity index is 2.55. The lowest BCUT2D eigenvalue weighted by Crippen LogP contribution is -2.49. The van der Waals surface area contributed by atoms with Crippen LogP contribution in [0.4, 0.5) is 4.79 Å². The van der Waals surface area contributed by atoms with Crippen molar-refractivity contribution in [2.75, 3.05) is 0 Å². The number of hydrogen-bond acceptors (Lipinski definition) is 5. The number of aryl methyl sites for hydroxylation is 1. The van der Waals surface area contributed by atoms with Gasteiger partial charge in [-0.3, -0.25) is 4.79 Å². The highest BCUT2D eigenvalue weighted by Gasteiger charge is 2.23. The number of nitrogens with zero attached hydrogens (tertiary/aromatic N) is 1. The van der Waals surface area contributed by atoms with Crippen molar-refractivity contribution >= 4 is 29.2 Å². The van der Waals surface area contributed by atoms with E-state index in [0.29, 0.717) is 10.7 Å². The van der Waals surface area contributed by atoms with Crippen molar-refractivity contribution < 1.29 is 19.5 Å². The van der Waals surface area contributed by atoms with E-state index in [9.17, 15) is 14.4 Å². The molecule has 1 aromatic rings. The number of aromatic carboxylic acids is 1. The maximum Gasteiger partial charge on any atom is 0.347 e. The maximum absolute atomic E-state index is 11.7. The van der Waals surface area contributed by atoms with E-state index in [0.717, 1.165) is 11.3 Å². The molecule has 0 unspecified atom stereocenters. The van der Waals surface area contributed by atoms with Crippen molar-refractivity contribution in [1.82, 2.24) is 15.6 Å². The SMILES string of the molecule is Cc1nc(CNC(=O)NC(C)(C)CC(N)=O)sc1C(=O)O. The second-order valence-electron chi connectivity index (χ2n) is 5.16. The molecule has 21 heavy (non-hydrogen) atoms. The molecule has 0 bridgehead atoms. The third-order valence-corrected chi connectivity index (χ3v) is 3.65. The van der Waals surface area contributed by atoms with Crippen molar-refractivity contribution in [2.24, 2.45) is 5.73 Å². The van der Waals surface area contributed by atoms with Crippen LogP contribution in [0, 0.1) is 6.92 Å². The van der Waals surface area contributed by atoms with Crippen molar-refractivity contribution in [2.45, 2.75) is 39.3 Å². The molecule has 3 amide bonds. The molecule has 0 radical (unpaired) electrons. The molecule has 0 aliphatic heterocycles. The van der Waals surface area contributed by atoms with Crippen molar-refractivity contribution in [3.8, 4) is 0 Å². The van der Waals surface area contributed by atoms with Crippen LogP contribution in [0.1, 0.15) is 40.6 Å². The molecular formula is C12H18N4O4S. The lowest BCUT2D eigenvalue weighted by Gasteiger charge is -2.24. The first kappa shape index (κ1) is 16.9. The highest BCUT2D eigenvalue weighted by atomic mass is 32.1. The summed E-state index contributed by atoms with van der Waals surface area (Å²) in [5.41, 5.74) is 4.75. The number of amides is 3. The fourth-order valence-electron chi connectivity index (χ4n) is 1.71. The maximum atomic E-state index is 11.7. The Kier molecular flexibility index (Phi) is 5.25. The van der Waals surface area contributed by atoms with Crippen LogP contribution < -0.4 is 16.4 Å². The van der Waals surface area contributed by atoms with Crippen LogP contribution in [-0.2, 0) is 11.3 Å². The van der Waals surface area contributed by atoms with Gasteiger partial charge in [0, 0.05) is 12.0 Å². The number of aromatic nitrogens is 1. The van der Waals surface area contributed by atoms with Crippen LogP contribution in [0.2, 0.25) is 0 Å². The van der Waals surface area contributed by atoms with Gasteiger partial charge in [0.1, 0.15) is 9.88 Å². The molecule has 0 aliphatic rings. The summed E-state index contributed by atoms with van der Waals surface area (Å²) in [4.78, 5) is 37.7. The van der Waals surface area contributed by atoms with E-state index in [1.54, 1.807) is 20.8 Å². The zero-order valence-electron chi connectivity index (χ0n) is 12.0. The van der Waals surface area contributed by atoms with Gasteiger partial charge < -0.3 is 21.5 Å². The number of rotatable bonds is 6. The number of primary amides is 1. The Morgan fingerprint density at radius 3 is 2.48 bits per heavy atom. The minimum absolute atomic E-state index is 0.0138. The van der Waals surface area contributed by atoms with Gasteiger partial charge in [-0.25, -0.2) is 14.6 Å². The first-order valence-electron chi connectivity index (χ1n) is 6.14. The monoisotopic (exact) mass is 314 g/mol. The Morgan fingerprint density at radius 1 is 1.38 bits per heavy atom. The zero-order chi connectivity index (χ0) is 16.2. The molecule has 0 saturated heterocycles. The number of carbonyl (C=O) groups excluding carboxylic acids is 2. The molecule has 5 N–H and O–H groups in total. The highest BCUT2D eigenvalue weighted by Crippen LogP contribution is 2.17. The van der Waals surface area contributed by atoms with E-state index >= 15 is 0 Å². The quantitative estimate of drug-likeness (QED) is 0.610. The Labute approximate surface area is 125 Å². The summed E-state index contributed by atoms with van der Waals surface area (Å²) in [6.45, 7) is 5.05. The zero-order valence-corrected chi connectivity index (χ0v) is 12.8. The van der Waals surface area contributed by atoms with Gasteiger partial charge in [-0.1, -0.05) is 0 Å². The minimum Gasteiger partial charge on any atom is -0.477 e. The molecule has 0 aromatic carbocycles. The topological polar surface area (TPSA) is 134 Å². The number of carboxylic acids is 1. The van der Waals surface area contributed by atoms with E-state index in [-0.39, 0.29) is 17.8 Å². The number of urea groups is 1. The summed E-state index contributed by atoms with van der Waals surface area (Å²) in [7, 11) is 0. The fourth-order valence-corrected chi connectivity index (χ4v) is 2.56. The molecule has 0 fully saturated rings. The van der Waals surface area contributed by atoms with E-state index < -0.39 is 23.4 Å². The van der Waals surface area contributed by atoms with Gasteiger partial charge in [0.25, 0.3) is 0 Å².